The van der Waals surface area contributed by atoms with Gasteiger partial charge in [-0.05, 0) is 12.0 Å². The van der Waals surface area contributed by atoms with Crippen LogP contribution in [-0.2, 0) is 21.1 Å². The second-order valence-electron chi connectivity index (χ2n) is 4.15. The first-order valence-electron chi connectivity index (χ1n) is 5.79. The number of Topliss-reactive ketones (excluding diaryl/α,β-unsaturated/α-hetero) is 1. The average Bonchev–Trinajstić information content (AvgIpc) is 2.27. The van der Waals surface area contributed by atoms with Crippen molar-refractivity contribution in [2.45, 2.75) is 26.2 Å². The summed E-state index contributed by atoms with van der Waals surface area (Å²) < 4.78 is 23.1. The molecule has 0 bridgehead atoms. The second-order valence-corrected chi connectivity index (χ2v) is 6.33. The number of sulfone groups is 1. The van der Waals surface area contributed by atoms with Gasteiger partial charge in [0.1, 0.15) is 5.75 Å². The molecule has 3 nitrogen and oxygen atoms in total. The highest BCUT2D eigenvalue weighted by Crippen LogP contribution is 2.03. The van der Waals surface area contributed by atoms with Gasteiger partial charge in [-0.25, -0.2) is 8.42 Å². The van der Waals surface area contributed by atoms with E-state index in [0.29, 0.717) is 6.42 Å². The standard InChI is InChI=1S/C13H18O3S/c1-2-3-9-17(15,16)11-13(14)10-12-7-5-4-6-8-12/h4-8H,2-3,9-11H2,1H3. The molecule has 4 heteroatoms. The zero-order chi connectivity index (χ0) is 12.7. The maximum atomic E-state index is 11.6. The van der Waals surface area contributed by atoms with E-state index in [1.54, 1.807) is 0 Å². The molecule has 0 N–H and O–H groups in total. The molecule has 1 rings (SSSR count). The third kappa shape index (κ3) is 5.63. The topological polar surface area (TPSA) is 51.2 Å². The van der Waals surface area contributed by atoms with E-state index in [0.717, 1.165) is 12.0 Å². The van der Waals surface area contributed by atoms with Crippen LogP contribution in [0.1, 0.15) is 25.3 Å². The molecule has 0 atom stereocenters. The molecule has 0 heterocycles. The highest BCUT2D eigenvalue weighted by molar-refractivity contribution is 7.92. The van der Waals surface area contributed by atoms with Gasteiger partial charge in [-0.3, -0.25) is 4.79 Å². The molecule has 0 radical (unpaired) electrons. The minimum absolute atomic E-state index is 0.115. The predicted molar refractivity (Wildman–Crippen MR) is 68.7 cm³/mol. The van der Waals surface area contributed by atoms with Gasteiger partial charge in [0, 0.05) is 6.42 Å². The monoisotopic (exact) mass is 254 g/mol. The van der Waals surface area contributed by atoms with Gasteiger partial charge in [-0.1, -0.05) is 43.7 Å². The Labute approximate surface area is 103 Å². The van der Waals surface area contributed by atoms with Crippen LogP contribution in [0.25, 0.3) is 0 Å². The summed E-state index contributed by atoms with van der Waals surface area (Å²) in [7, 11) is -3.21. The van der Waals surface area contributed by atoms with Crippen molar-refractivity contribution in [3.8, 4) is 0 Å². The molecule has 17 heavy (non-hydrogen) atoms. The zero-order valence-corrected chi connectivity index (χ0v) is 10.9. The van der Waals surface area contributed by atoms with E-state index in [1.807, 2.05) is 37.3 Å². The fourth-order valence-electron chi connectivity index (χ4n) is 1.56. The van der Waals surface area contributed by atoms with Gasteiger partial charge in [0.05, 0.1) is 5.75 Å². The van der Waals surface area contributed by atoms with Gasteiger partial charge >= 0.3 is 0 Å². The second kappa shape index (κ2) is 6.55. The van der Waals surface area contributed by atoms with Crippen LogP contribution in [0.5, 0.6) is 0 Å². The van der Waals surface area contributed by atoms with Crippen LogP contribution in [0.4, 0.5) is 0 Å². The average molecular weight is 254 g/mol. The summed E-state index contributed by atoms with van der Waals surface area (Å²) in [5, 5.41) is 0. The van der Waals surface area contributed by atoms with Gasteiger partial charge < -0.3 is 0 Å². The van der Waals surface area contributed by atoms with Crippen LogP contribution in [-0.4, -0.2) is 25.7 Å². The van der Waals surface area contributed by atoms with Crippen molar-refractivity contribution in [1.82, 2.24) is 0 Å². The number of carbonyl (C=O) groups excluding carboxylic acids is 1. The van der Waals surface area contributed by atoms with E-state index >= 15 is 0 Å². The molecule has 1 aromatic rings. The Morgan fingerprint density at radius 1 is 1.18 bits per heavy atom. The molecule has 0 aliphatic rings. The molecule has 94 valence electrons. The molecule has 0 aliphatic carbocycles. The molecule has 0 saturated carbocycles. The SMILES string of the molecule is CCCCS(=O)(=O)CC(=O)Cc1ccccc1. The fraction of sp³-hybridized carbons (Fsp3) is 0.462. The predicted octanol–water partition coefficient (Wildman–Crippen LogP) is 2.01. The largest absolute Gasteiger partial charge is 0.298 e. The summed E-state index contributed by atoms with van der Waals surface area (Å²) in [6, 6.07) is 9.21. The molecule has 0 aromatic heterocycles. The summed E-state index contributed by atoms with van der Waals surface area (Å²) in [6.45, 7) is 1.93. The smallest absolute Gasteiger partial charge is 0.157 e. The number of hydrogen-bond acceptors (Lipinski definition) is 3. The first kappa shape index (κ1) is 13.9. The molecule has 0 fully saturated rings. The number of rotatable bonds is 7. The molecule has 0 aliphatic heterocycles. The third-order valence-corrected chi connectivity index (χ3v) is 4.11. The molecule has 0 unspecified atom stereocenters. The lowest BCUT2D eigenvalue weighted by molar-refractivity contribution is -0.116. The van der Waals surface area contributed by atoms with Crippen LogP contribution in [0, 0.1) is 0 Å². The highest BCUT2D eigenvalue weighted by Gasteiger charge is 2.16. The van der Waals surface area contributed by atoms with Gasteiger partial charge in [0.15, 0.2) is 15.6 Å². The lowest BCUT2D eigenvalue weighted by Gasteiger charge is -2.03. The highest BCUT2D eigenvalue weighted by atomic mass is 32.2. The van der Waals surface area contributed by atoms with Gasteiger partial charge in [-0.2, -0.15) is 0 Å². The van der Waals surface area contributed by atoms with Crippen LogP contribution in [0.2, 0.25) is 0 Å². The lowest BCUT2D eigenvalue weighted by atomic mass is 10.1. The first-order valence-corrected chi connectivity index (χ1v) is 7.61. The number of unbranched alkanes of at least 4 members (excludes halogenated alkanes) is 1. The van der Waals surface area contributed by atoms with Crippen molar-refractivity contribution in [3.05, 3.63) is 35.9 Å². The van der Waals surface area contributed by atoms with Gasteiger partial charge in [0.25, 0.3) is 0 Å². The summed E-state index contributed by atoms with van der Waals surface area (Å²) in [5.74, 6) is -0.446. The van der Waals surface area contributed by atoms with Crippen molar-refractivity contribution < 1.29 is 13.2 Å². The molecular weight excluding hydrogens is 236 g/mol. The summed E-state index contributed by atoms with van der Waals surface area (Å²) >= 11 is 0. The normalized spacial score (nSPS) is 11.4. The Balaban J connectivity index is 2.50. The van der Waals surface area contributed by atoms with Crippen molar-refractivity contribution in [1.29, 1.82) is 0 Å². The molecule has 0 saturated heterocycles. The number of ketones is 1. The Kier molecular flexibility index (Phi) is 5.35. The van der Waals surface area contributed by atoms with Crippen molar-refractivity contribution in [2.75, 3.05) is 11.5 Å². The van der Waals surface area contributed by atoms with E-state index < -0.39 is 9.84 Å². The van der Waals surface area contributed by atoms with Crippen LogP contribution >= 0.6 is 0 Å². The maximum absolute atomic E-state index is 11.6. The van der Waals surface area contributed by atoms with E-state index in [4.69, 9.17) is 0 Å². The van der Waals surface area contributed by atoms with E-state index in [-0.39, 0.29) is 23.7 Å². The van der Waals surface area contributed by atoms with Gasteiger partial charge in [-0.15, -0.1) is 0 Å². The van der Waals surface area contributed by atoms with E-state index in [9.17, 15) is 13.2 Å². The van der Waals surface area contributed by atoms with Crippen LogP contribution < -0.4 is 0 Å². The Hall–Kier alpha value is -1.16. The van der Waals surface area contributed by atoms with E-state index in [1.165, 1.54) is 0 Å². The number of benzene rings is 1. The maximum Gasteiger partial charge on any atom is 0.157 e. The minimum Gasteiger partial charge on any atom is -0.298 e. The summed E-state index contributed by atoms with van der Waals surface area (Å²) in [4.78, 5) is 11.6. The third-order valence-electron chi connectivity index (χ3n) is 2.43. The molecular formula is C13H18O3S. The van der Waals surface area contributed by atoms with Crippen LogP contribution in [0.3, 0.4) is 0 Å². The quantitative estimate of drug-likeness (QED) is 0.748. The fourth-order valence-corrected chi connectivity index (χ4v) is 3.02. The van der Waals surface area contributed by atoms with Crippen molar-refractivity contribution in [3.63, 3.8) is 0 Å². The molecule has 0 amide bonds. The van der Waals surface area contributed by atoms with Crippen molar-refractivity contribution in [2.24, 2.45) is 0 Å². The number of hydrogen-bond donors (Lipinski definition) is 0. The van der Waals surface area contributed by atoms with E-state index in [2.05, 4.69) is 0 Å². The number of carbonyl (C=O) groups is 1. The van der Waals surface area contributed by atoms with Gasteiger partial charge in [0.2, 0.25) is 0 Å². The van der Waals surface area contributed by atoms with Crippen LogP contribution in [0.15, 0.2) is 30.3 Å². The first-order chi connectivity index (χ1) is 8.03. The Morgan fingerprint density at radius 3 is 2.41 bits per heavy atom. The van der Waals surface area contributed by atoms with Crippen molar-refractivity contribution >= 4 is 15.6 Å². The zero-order valence-electron chi connectivity index (χ0n) is 10.1. The molecule has 0 spiro atoms. The summed E-state index contributed by atoms with van der Waals surface area (Å²) in [5.41, 5.74) is 0.864. The molecule has 1 aromatic carbocycles. The Morgan fingerprint density at radius 2 is 1.82 bits per heavy atom. The summed E-state index contributed by atoms with van der Waals surface area (Å²) in [6.07, 6.45) is 1.65. The minimum atomic E-state index is -3.21. The Bertz CT molecular complexity index is 449. The lowest BCUT2D eigenvalue weighted by Crippen LogP contribution is -2.20.